The normalized spacial score (nSPS) is 32.5. The highest BCUT2D eigenvalue weighted by molar-refractivity contribution is 7.99. The molecule has 2 aliphatic heterocycles. The Labute approximate surface area is 152 Å². The van der Waals surface area contributed by atoms with Crippen molar-refractivity contribution in [1.82, 2.24) is 10.4 Å². The van der Waals surface area contributed by atoms with Crippen molar-refractivity contribution in [2.24, 2.45) is 5.92 Å². The smallest absolute Gasteiger partial charge is 0.117 e. The average molecular weight is 356 g/mol. The van der Waals surface area contributed by atoms with Crippen LogP contribution in [0.3, 0.4) is 0 Å². The van der Waals surface area contributed by atoms with Crippen LogP contribution >= 0.6 is 11.8 Å². The van der Waals surface area contributed by atoms with Crippen LogP contribution < -0.4 is 5.48 Å². The second kappa shape index (κ2) is 6.74. The van der Waals surface area contributed by atoms with Crippen molar-refractivity contribution >= 4 is 11.8 Å². The molecule has 0 aliphatic carbocycles. The van der Waals surface area contributed by atoms with Gasteiger partial charge in [0.05, 0.1) is 5.54 Å². The molecule has 3 unspecified atom stereocenters. The summed E-state index contributed by atoms with van der Waals surface area (Å²) >= 11 is 1.81. The topological polar surface area (TPSA) is 55.7 Å². The minimum Gasteiger partial charge on any atom is -0.383 e. The fourth-order valence-electron chi connectivity index (χ4n) is 4.42. The number of hydrogen-bond donors (Lipinski definition) is 3. The van der Waals surface area contributed by atoms with E-state index in [0.717, 1.165) is 24.4 Å². The second-order valence-electron chi connectivity index (χ2n) is 7.19. The minimum atomic E-state index is -1.07. The summed E-state index contributed by atoms with van der Waals surface area (Å²) in [5, 5.41) is 21.9. The maximum absolute atomic E-state index is 11.8. The minimum absolute atomic E-state index is 0.0609. The summed E-state index contributed by atoms with van der Waals surface area (Å²) in [4.78, 5) is 2.35. The predicted octanol–water partition coefficient (Wildman–Crippen LogP) is 2.47. The van der Waals surface area contributed by atoms with E-state index in [1.807, 2.05) is 36.4 Å². The molecule has 5 heteroatoms. The third-order valence-electron chi connectivity index (χ3n) is 5.64. The molecule has 3 atom stereocenters. The summed E-state index contributed by atoms with van der Waals surface area (Å²) in [6.07, 6.45) is 0. The zero-order valence-corrected chi connectivity index (χ0v) is 15.0. The number of nitrogens with zero attached hydrogens (tertiary/aromatic N) is 1. The van der Waals surface area contributed by atoms with Crippen molar-refractivity contribution in [2.75, 3.05) is 24.6 Å². The summed E-state index contributed by atoms with van der Waals surface area (Å²) in [5.41, 5.74) is 2.85. The van der Waals surface area contributed by atoms with Crippen molar-refractivity contribution in [3.05, 3.63) is 71.8 Å². The Balaban J connectivity index is 1.68. The van der Waals surface area contributed by atoms with E-state index in [1.54, 1.807) is 11.8 Å². The summed E-state index contributed by atoms with van der Waals surface area (Å²) in [6.45, 7) is 2.25. The molecule has 2 aromatic carbocycles. The zero-order valence-electron chi connectivity index (χ0n) is 14.1. The van der Waals surface area contributed by atoms with Gasteiger partial charge in [0.1, 0.15) is 5.60 Å². The Morgan fingerprint density at radius 1 is 1.08 bits per heavy atom. The van der Waals surface area contributed by atoms with Gasteiger partial charge in [-0.1, -0.05) is 60.7 Å². The van der Waals surface area contributed by atoms with Gasteiger partial charge in [-0.05, 0) is 11.1 Å². The first-order valence-electron chi connectivity index (χ1n) is 8.71. The number of hydrogen-bond acceptors (Lipinski definition) is 5. The lowest BCUT2D eigenvalue weighted by molar-refractivity contribution is -0.174. The van der Waals surface area contributed by atoms with Gasteiger partial charge in [0.25, 0.3) is 0 Å². The standard InChI is InChI=1S/C20H24N2O2S/c23-20(17-9-5-2-6-10-17)18-12-22(11-16-7-3-1-4-8-16)14-19(20,21-24)15-25-13-18/h1-10,18,21,23-24H,11-15H2. The fourth-order valence-corrected chi connectivity index (χ4v) is 5.90. The third kappa shape index (κ3) is 2.80. The van der Waals surface area contributed by atoms with Crippen LogP contribution in [-0.2, 0) is 12.1 Å². The number of likely N-dealkylation sites (tertiary alicyclic amines) is 1. The Morgan fingerprint density at radius 2 is 1.76 bits per heavy atom. The van der Waals surface area contributed by atoms with Gasteiger partial charge < -0.3 is 10.3 Å². The van der Waals surface area contributed by atoms with Crippen LogP contribution in [0.5, 0.6) is 0 Å². The predicted molar refractivity (Wildman–Crippen MR) is 101 cm³/mol. The van der Waals surface area contributed by atoms with Gasteiger partial charge in [-0.3, -0.25) is 4.90 Å². The van der Waals surface area contributed by atoms with Crippen LogP contribution in [0.25, 0.3) is 0 Å². The van der Waals surface area contributed by atoms with E-state index >= 15 is 0 Å². The van der Waals surface area contributed by atoms with Crippen LogP contribution in [0.1, 0.15) is 11.1 Å². The highest BCUT2D eigenvalue weighted by atomic mass is 32.2. The van der Waals surface area contributed by atoms with E-state index in [-0.39, 0.29) is 5.92 Å². The molecule has 3 N–H and O–H groups in total. The van der Waals surface area contributed by atoms with Gasteiger partial charge in [-0.2, -0.15) is 17.2 Å². The monoisotopic (exact) mass is 356 g/mol. The van der Waals surface area contributed by atoms with Gasteiger partial charge in [-0.15, -0.1) is 0 Å². The number of piperidine rings is 1. The van der Waals surface area contributed by atoms with Gasteiger partial charge in [-0.25, -0.2) is 0 Å². The molecule has 2 aromatic rings. The molecule has 0 aromatic heterocycles. The van der Waals surface area contributed by atoms with Crippen LogP contribution in [0.15, 0.2) is 60.7 Å². The molecular weight excluding hydrogens is 332 g/mol. The number of aliphatic hydroxyl groups is 1. The summed E-state index contributed by atoms with van der Waals surface area (Å²) < 4.78 is 0. The second-order valence-corrected chi connectivity index (χ2v) is 8.22. The molecule has 0 amide bonds. The van der Waals surface area contributed by atoms with E-state index in [1.165, 1.54) is 5.56 Å². The summed E-state index contributed by atoms with van der Waals surface area (Å²) in [5.74, 6) is 1.63. The Kier molecular flexibility index (Phi) is 4.60. The van der Waals surface area contributed by atoms with Gasteiger partial charge in [0.15, 0.2) is 0 Å². The lowest BCUT2D eigenvalue weighted by Crippen LogP contribution is -2.75. The molecule has 2 saturated heterocycles. The Bertz CT molecular complexity index is 714. The molecule has 2 heterocycles. The van der Waals surface area contributed by atoms with Crippen LogP contribution in [0, 0.1) is 5.92 Å². The number of rotatable bonds is 4. The highest BCUT2D eigenvalue weighted by Gasteiger charge is 2.61. The van der Waals surface area contributed by atoms with Crippen molar-refractivity contribution in [3.8, 4) is 0 Å². The molecule has 25 heavy (non-hydrogen) atoms. The molecule has 4 rings (SSSR count). The van der Waals surface area contributed by atoms with Gasteiger partial charge in [0.2, 0.25) is 0 Å². The van der Waals surface area contributed by atoms with Crippen molar-refractivity contribution in [1.29, 1.82) is 0 Å². The van der Waals surface area contributed by atoms with E-state index in [0.29, 0.717) is 12.3 Å². The number of benzene rings is 2. The SMILES string of the molecule is ONC12CSCC(CN(Cc3ccccc3)C1)C2(O)c1ccccc1. The molecule has 0 spiro atoms. The summed E-state index contributed by atoms with van der Waals surface area (Å²) in [7, 11) is 0. The lowest BCUT2D eigenvalue weighted by Gasteiger charge is -2.59. The maximum Gasteiger partial charge on any atom is 0.117 e. The molecule has 0 saturated carbocycles. The highest BCUT2D eigenvalue weighted by Crippen LogP contribution is 2.50. The molecule has 0 radical (unpaired) electrons. The maximum atomic E-state index is 11.8. The summed E-state index contributed by atoms with van der Waals surface area (Å²) in [6, 6.07) is 20.2. The number of thioether (sulfide) groups is 1. The van der Waals surface area contributed by atoms with Crippen LogP contribution in [0.2, 0.25) is 0 Å². The molecule has 2 fully saturated rings. The van der Waals surface area contributed by atoms with Crippen molar-refractivity contribution in [2.45, 2.75) is 17.7 Å². The zero-order chi connectivity index (χ0) is 17.3. The van der Waals surface area contributed by atoms with Gasteiger partial charge >= 0.3 is 0 Å². The number of nitrogens with one attached hydrogen (secondary N) is 1. The van der Waals surface area contributed by atoms with Crippen LogP contribution in [0.4, 0.5) is 0 Å². The largest absolute Gasteiger partial charge is 0.383 e. The van der Waals surface area contributed by atoms with E-state index < -0.39 is 11.1 Å². The first-order chi connectivity index (χ1) is 12.2. The van der Waals surface area contributed by atoms with E-state index in [4.69, 9.17) is 0 Å². The first kappa shape index (κ1) is 17.1. The van der Waals surface area contributed by atoms with Gasteiger partial charge in [0, 0.05) is 37.1 Å². The molecule has 2 bridgehead atoms. The molecule has 2 aliphatic rings. The fraction of sp³-hybridized carbons (Fsp3) is 0.400. The van der Waals surface area contributed by atoms with Crippen molar-refractivity contribution < 1.29 is 10.3 Å². The van der Waals surface area contributed by atoms with Crippen molar-refractivity contribution in [3.63, 3.8) is 0 Å². The molecular formula is C20H24N2O2S. The average Bonchev–Trinajstić information content (AvgIpc) is 2.64. The van der Waals surface area contributed by atoms with E-state index in [9.17, 15) is 10.3 Å². The van der Waals surface area contributed by atoms with Crippen LogP contribution in [-0.4, -0.2) is 45.3 Å². The Hall–Kier alpha value is -1.37. The lowest BCUT2D eigenvalue weighted by atomic mass is 9.65. The number of fused-ring (bicyclic) bond motifs is 2. The first-order valence-corrected chi connectivity index (χ1v) is 9.87. The number of hydroxylamine groups is 1. The quantitative estimate of drug-likeness (QED) is 0.735. The Morgan fingerprint density at radius 3 is 2.44 bits per heavy atom. The molecule has 132 valence electrons. The van der Waals surface area contributed by atoms with E-state index in [2.05, 4.69) is 34.6 Å². The molecule has 4 nitrogen and oxygen atoms in total. The third-order valence-corrected chi connectivity index (χ3v) is 6.97.